The van der Waals surface area contributed by atoms with Gasteiger partial charge in [-0.2, -0.15) is 0 Å². The van der Waals surface area contributed by atoms with Crippen LogP contribution in [0.3, 0.4) is 0 Å². The zero-order valence-electron chi connectivity index (χ0n) is 10.1. The number of nitrogens with one attached hydrogen (secondary N) is 1. The molecule has 0 aliphatic heterocycles. The molecule has 0 spiro atoms. The molecular formula is C15H8Cl2FNO. The third-order valence-corrected chi connectivity index (χ3v) is 3.61. The maximum atomic E-state index is 13.1. The maximum absolute atomic E-state index is 13.1. The summed E-state index contributed by atoms with van der Waals surface area (Å²) in [7, 11) is 0. The number of benzene rings is 2. The van der Waals surface area contributed by atoms with Gasteiger partial charge in [0.05, 0.1) is 5.02 Å². The molecule has 2 nitrogen and oxygen atoms in total. The molecule has 3 rings (SSSR count). The first-order chi connectivity index (χ1) is 9.56. The number of halogens is 3. The lowest BCUT2D eigenvalue weighted by Crippen LogP contribution is -2.01. The van der Waals surface area contributed by atoms with E-state index in [-0.39, 0.29) is 11.6 Å². The van der Waals surface area contributed by atoms with Crippen molar-refractivity contribution in [3.8, 4) is 0 Å². The fourth-order valence-corrected chi connectivity index (χ4v) is 2.60. The van der Waals surface area contributed by atoms with Gasteiger partial charge in [0.25, 0.3) is 0 Å². The maximum Gasteiger partial charge on any atom is 0.196 e. The van der Waals surface area contributed by atoms with Crippen molar-refractivity contribution < 1.29 is 9.18 Å². The molecule has 1 aromatic heterocycles. The fraction of sp³-hybridized carbons (Fsp3) is 0. The highest BCUT2D eigenvalue weighted by Gasteiger charge is 2.17. The lowest BCUT2D eigenvalue weighted by Gasteiger charge is -2.03. The zero-order chi connectivity index (χ0) is 14.3. The van der Waals surface area contributed by atoms with Crippen LogP contribution in [0, 0.1) is 5.82 Å². The van der Waals surface area contributed by atoms with Crippen LogP contribution in [0.5, 0.6) is 0 Å². The van der Waals surface area contributed by atoms with Crippen LogP contribution in [0.15, 0.2) is 42.6 Å². The first kappa shape index (κ1) is 13.2. The van der Waals surface area contributed by atoms with E-state index in [1.807, 2.05) is 0 Å². The number of aromatic amines is 1. The second-order valence-corrected chi connectivity index (χ2v) is 5.19. The first-order valence-electron chi connectivity index (χ1n) is 5.82. The van der Waals surface area contributed by atoms with E-state index < -0.39 is 0 Å². The molecule has 0 bridgehead atoms. The standard InChI is InChI=1S/C15H8Cl2FNO/c16-8-1-3-11(13(17)5-8)15(20)12-7-19-14-6-9(18)2-4-10(12)14/h1-7,19H. The van der Waals surface area contributed by atoms with E-state index in [4.69, 9.17) is 23.2 Å². The second kappa shape index (κ2) is 4.93. The fourth-order valence-electron chi connectivity index (χ4n) is 2.10. The quantitative estimate of drug-likeness (QED) is 0.675. The van der Waals surface area contributed by atoms with Crippen LogP contribution in [0.4, 0.5) is 4.39 Å². The molecule has 1 heterocycles. The van der Waals surface area contributed by atoms with Crippen LogP contribution in [-0.2, 0) is 0 Å². The molecule has 0 radical (unpaired) electrons. The van der Waals surface area contributed by atoms with Crippen molar-refractivity contribution in [2.75, 3.05) is 0 Å². The molecule has 2 aromatic carbocycles. The van der Waals surface area contributed by atoms with Gasteiger partial charge in [0, 0.05) is 33.2 Å². The number of rotatable bonds is 2. The van der Waals surface area contributed by atoms with Gasteiger partial charge in [-0.05, 0) is 36.4 Å². The molecule has 0 aliphatic carbocycles. The zero-order valence-corrected chi connectivity index (χ0v) is 11.6. The van der Waals surface area contributed by atoms with E-state index in [2.05, 4.69) is 4.98 Å². The van der Waals surface area contributed by atoms with Crippen molar-refractivity contribution in [1.82, 2.24) is 4.98 Å². The summed E-state index contributed by atoms with van der Waals surface area (Å²) in [5, 5.41) is 1.41. The highest BCUT2D eigenvalue weighted by molar-refractivity contribution is 6.38. The molecular weight excluding hydrogens is 300 g/mol. The van der Waals surface area contributed by atoms with E-state index >= 15 is 0 Å². The Bertz CT molecular complexity index is 826. The minimum atomic E-state index is -0.358. The van der Waals surface area contributed by atoms with Gasteiger partial charge in [-0.15, -0.1) is 0 Å². The molecule has 1 N–H and O–H groups in total. The Kier molecular flexibility index (Phi) is 3.24. The predicted molar refractivity (Wildman–Crippen MR) is 78.2 cm³/mol. The molecule has 0 aliphatic rings. The van der Waals surface area contributed by atoms with E-state index in [0.29, 0.717) is 32.1 Å². The lowest BCUT2D eigenvalue weighted by molar-refractivity contribution is 0.104. The number of aromatic nitrogens is 1. The Morgan fingerprint density at radius 3 is 2.60 bits per heavy atom. The third kappa shape index (κ3) is 2.19. The molecule has 0 saturated carbocycles. The highest BCUT2D eigenvalue weighted by atomic mass is 35.5. The first-order valence-corrected chi connectivity index (χ1v) is 6.58. The number of carbonyl (C=O) groups is 1. The van der Waals surface area contributed by atoms with Crippen molar-refractivity contribution >= 4 is 39.9 Å². The number of carbonyl (C=O) groups excluding carboxylic acids is 1. The van der Waals surface area contributed by atoms with E-state index in [1.54, 1.807) is 24.4 Å². The van der Waals surface area contributed by atoms with Crippen molar-refractivity contribution in [3.63, 3.8) is 0 Å². The summed E-state index contributed by atoms with van der Waals surface area (Å²) < 4.78 is 13.1. The molecule has 3 aromatic rings. The average molecular weight is 308 g/mol. The molecule has 100 valence electrons. The summed E-state index contributed by atoms with van der Waals surface area (Å²) in [4.78, 5) is 15.4. The molecule has 0 saturated heterocycles. The van der Waals surface area contributed by atoms with Gasteiger partial charge in [-0.3, -0.25) is 4.79 Å². The predicted octanol–water partition coefficient (Wildman–Crippen LogP) is 4.84. The lowest BCUT2D eigenvalue weighted by atomic mass is 10.0. The summed E-state index contributed by atoms with van der Waals surface area (Å²) in [6, 6.07) is 8.93. The van der Waals surface area contributed by atoms with Gasteiger partial charge in [-0.1, -0.05) is 23.2 Å². The Morgan fingerprint density at radius 2 is 1.85 bits per heavy atom. The van der Waals surface area contributed by atoms with Crippen LogP contribution >= 0.6 is 23.2 Å². The van der Waals surface area contributed by atoms with E-state index in [0.717, 1.165) is 0 Å². The van der Waals surface area contributed by atoms with Crippen molar-refractivity contribution in [2.45, 2.75) is 0 Å². The summed E-state index contributed by atoms with van der Waals surface area (Å²) in [6.07, 6.45) is 1.55. The number of H-pyrrole nitrogens is 1. The molecule has 0 fully saturated rings. The van der Waals surface area contributed by atoms with E-state index in [9.17, 15) is 9.18 Å². The molecule has 0 atom stereocenters. The smallest absolute Gasteiger partial charge is 0.196 e. The molecule has 5 heteroatoms. The van der Waals surface area contributed by atoms with Crippen molar-refractivity contribution in [2.24, 2.45) is 0 Å². The van der Waals surface area contributed by atoms with Crippen molar-refractivity contribution in [1.29, 1.82) is 0 Å². The van der Waals surface area contributed by atoms with Crippen LogP contribution in [0.25, 0.3) is 10.9 Å². The summed E-state index contributed by atoms with van der Waals surface area (Å²) in [6.45, 7) is 0. The van der Waals surface area contributed by atoms with Crippen LogP contribution in [0.2, 0.25) is 10.0 Å². The Morgan fingerprint density at radius 1 is 1.05 bits per heavy atom. The number of hydrogen-bond donors (Lipinski definition) is 1. The van der Waals surface area contributed by atoms with Crippen LogP contribution in [-0.4, -0.2) is 10.8 Å². The van der Waals surface area contributed by atoms with Gasteiger partial charge in [0.15, 0.2) is 5.78 Å². The van der Waals surface area contributed by atoms with Gasteiger partial charge in [0.2, 0.25) is 0 Å². The SMILES string of the molecule is O=C(c1ccc(Cl)cc1Cl)c1c[nH]c2cc(F)ccc12. The summed E-state index contributed by atoms with van der Waals surface area (Å²) in [5.74, 6) is -0.590. The number of fused-ring (bicyclic) bond motifs is 1. The summed E-state index contributed by atoms with van der Waals surface area (Å²) in [5.41, 5.74) is 1.38. The van der Waals surface area contributed by atoms with Crippen molar-refractivity contribution in [3.05, 3.63) is 69.6 Å². The Hall–Kier alpha value is -1.84. The van der Waals surface area contributed by atoms with Gasteiger partial charge >= 0.3 is 0 Å². The second-order valence-electron chi connectivity index (χ2n) is 4.35. The van der Waals surface area contributed by atoms with E-state index in [1.165, 1.54) is 18.2 Å². The van der Waals surface area contributed by atoms with Gasteiger partial charge in [-0.25, -0.2) is 4.39 Å². The average Bonchev–Trinajstić information content (AvgIpc) is 2.80. The third-order valence-electron chi connectivity index (χ3n) is 3.06. The largest absolute Gasteiger partial charge is 0.360 e. The Balaban J connectivity index is 2.13. The minimum Gasteiger partial charge on any atom is -0.360 e. The molecule has 0 amide bonds. The summed E-state index contributed by atoms with van der Waals surface area (Å²) >= 11 is 11.9. The highest BCUT2D eigenvalue weighted by Crippen LogP contribution is 2.27. The van der Waals surface area contributed by atoms with Gasteiger partial charge < -0.3 is 4.98 Å². The Labute approximate surface area is 124 Å². The normalized spacial score (nSPS) is 10.9. The van der Waals surface area contributed by atoms with Crippen LogP contribution < -0.4 is 0 Å². The van der Waals surface area contributed by atoms with Gasteiger partial charge in [0.1, 0.15) is 5.82 Å². The topological polar surface area (TPSA) is 32.9 Å². The minimum absolute atomic E-state index is 0.232. The number of ketones is 1. The molecule has 0 unspecified atom stereocenters. The monoisotopic (exact) mass is 307 g/mol. The molecule has 20 heavy (non-hydrogen) atoms. The number of hydrogen-bond acceptors (Lipinski definition) is 1. The van der Waals surface area contributed by atoms with Crippen LogP contribution in [0.1, 0.15) is 15.9 Å².